The van der Waals surface area contributed by atoms with Gasteiger partial charge in [0.05, 0.1) is 0 Å². The number of urea groups is 1. The molecule has 0 unspecified atom stereocenters. The van der Waals surface area contributed by atoms with Crippen molar-refractivity contribution in [2.24, 2.45) is 0 Å². The van der Waals surface area contributed by atoms with Crippen LogP contribution in [0.1, 0.15) is 11.1 Å². The predicted octanol–water partition coefficient (Wildman–Crippen LogP) is 4.42. The summed E-state index contributed by atoms with van der Waals surface area (Å²) in [6.45, 7) is 0.522. The van der Waals surface area contributed by atoms with E-state index in [1.807, 2.05) is 0 Å². The average Bonchev–Trinajstić information content (AvgIpc) is 2.75. The van der Waals surface area contributed by atoms with Gasteiger partial charge in [0, 0.05) is 27.2 Å². The molecule has 0 aromatic heterocycles. The number of carbonyl (C=O) groups excluding carboxylic acids is 1. The SMILES string of the molecule is CN(C)C(=O)N(Cc1ccc(F)cc1)Cc1ccc(OS(=O)(=O)c2ccc(F)cc2)cc1. The van der Waals surface area contributed by atoms with Crippen molar-refractivity contribution in [3.05, 3.63) is 95.6 Å². The lowest BCUT2D eigenvalue weighted by Gasteiger charge is -2.26. The standard InChI is InChI=1S/C23H22F2N2O4S/c1-26(2)23(28)27(15-17-3-7-19(24)8-4-17)16-18-5-11-21(12-6-18)31-32(29,30)22-13-9-20(25)10-14-22/h3-14H,15-16H2,1-2H3. The summed E-state index contributed by atoms with van der Waals surface area (Å²) >= 11 is 0. The molecule has 0 aliphatic carbocycles. The van der Waals surface area contributed by atoms with E-state index in [9.17, 15) is 22.0 Å². The van der Waals surface area contributed by atoms with E-state index in [-0.39, 0.29) is 35.6 Å². The number of halogens is 2. The first kappa shape index (κ1) is 23.2. The third kappa shape index (κ3) is 6.04. The molecule has 0 aliphatic heterocycles. The minimum Gasteiger partial charge on any atom is -0.379 e. The van der Waals surface area contributed by atoms with Gasteiger partial charge in [0.15, 0.2) is 0 Å². The quantitative estimate of drug-likeness (QED) is 0.490. The highest BCUT2D eigenvalue weighted by atomic mass is 32.2. The molecule has 0 fully saturated rings. The van der Waals surface area contributed by atoms with Gasteiger partial charge in [0.2, 0.25) is 0 Å². The van der Waals surface area contributed by atoms with Gasteiger partial charge in [0.1, 0.15) is 22.3 Å². The fraction of sp³-hybridized carbons (Fsp3) is 0.174. The van der Waals surface area contributed by atoms with Crippen molar-refractivity contribution in [1.29, 1.82) is 0 Å². The van der Waals surface area contributed by atoms with Crippen LogP contribution in [0.3, 0.4) is 0 Å². The second-order valence-electron chi connectivity index (χ2n) is 7.29. The zero-order chi connectivity index (χ0) is 23.3. The van der Waals surface area contributed by atoms with Gasteiger partial charge in [-0.3, -0.25) is 0 Å². The molecule has 0 radical (unpaired) electrons. The molecule has 6 nitrogen and oxygen atoms in total. The molecule has 0 N–H and O–H groups in total. The predicted molar refractivity (Wildman–Crippen MR) is 115 cm³/mol. The Kier molecular flexibility index (Phi) is 7.09. The Balaban J connectivity index is 1.73. The molecule has 168 valence electrons. The number of amides is 2. The summed E-state index contributed by atoms with van der Waals surface area (Å²) in [7, 11) is -0.831. The first-order valence-corrected chi connectivity index (χ1v) is 11.0. The van der Waals surface area contributed by atoms with Gasteiger partial charge >= 0.3 is 16.1 Å². The molecule has 9 heteroatoms. The molecule has 3 aromatic rings. The van der Waals surface area contributed by atoms with E-state index in [1.54, 1.807) is 43.3 Å². The molecule has 0 saturated carbocycles. The van der Waals surface area contributed by atoms with Crippen LogP contribution in [0.5, 0.6) is 5.75 Å². The molecular weight excluding hydrogens is 438 g/mol. The number of carbonyl (C=O) groups is 1. The third-order valence-corrected chi connectivity index (χ3v) is 5.81. The van der Waals surface area contributed by atoms with Gasteiger partial charge in [-0.15, -0.1) is 0 Å². The molecule has 0 saturated heterocycles. The number of nitrogens with zero attached hydrogens (tertiary/aromatic N) is 2. The van der Waals surface area contributed by atoms with Crippen molar-refractivity contribution in [3.63, 3.8) is 0 Å². The van der Waals surface area contributed by atoms with Crippen LogP contribution < -0.4 is 4.18 Å². The maximum Gasteiger partial charge on any atom is 0.339 e. The van der Waals surface area contributed by atoms with Crippen LogP contribution in [0, 0.1) is 11.6 Å². The van der Waals surface area contributed by atoms with Crippen molar-refractivity contribution >= 4 is 16.1 Å². The Morgan fingerprint density at radius 2 is 1.22 bits per heavy atom. The van der Waals surface area contributed by atoms with Gasteiger partial charge in [0.25, 0.3) is 0 Å². The summed E-state index contributed by atoms with van der Waals surface area (Å²) < 4.78 is 56.0. The highest BCUT2D eigenvalue weighted by molar-refractivity contribution is 7.87. The highest BCUT2D eigenvalue weighted by Crippen LogP contribution is 2.21. The smallest absolute Gasteiger partial charge is 0.339 e. The van der Waals surface area contributed by atoms with Crippen LogP contribution in [-0.2, 0) is 23.2 Å². The average molecular weight is 461 g/mol. The van der Waals surface area contributed by atoms with E-state index in [4.69, 9.17) is 4.18 Å². The number of hydrogen-bond acceptors (Lipinski definition) is 4. The van der Waals surface area contributed by atoms with Gasteiger partial charge in [-0.2, -0.15) is 8.42 Å². The highest BCUT2D eigenvalue weighted by Gasteiger charge is 2.18. The third-order valence-electron chi connectivity index (χ3n) is 4.54. The van der Waals surface area contributed by atoms with Gasteiger partial charge in [-0.25, -0.2) is 13.6 Å². The first-order chi connectivity index (χ1) is 15.1. The summed E-state index contributed by atoms with van der Waals surface area (Å²) in [5.74, 6) is -0.821. The Hall–Kier alpha value is -3.46. The minimum atomic E-state index is -4.10. The van der Waals surface area contributed by atoms with E-state index in [0.717, 1.165) is 35.4 Å². The lowest BCUT2D eigenvalue weighted by molar-refractivity contribution is 0.165. The Morgan fingerprint density at radius 3 is 1.69 bits per heavy atom. The molecule has 3 aromatic carbocycles. The first-order valence-electron chi connectivity index (χ1n) is 9.64. The van der Waals surface area contributed by atoms with Crippen molar-refractivity contribution < 1.29 is 26.2 Å². The lowest BCUT2D eigenvalue weighted by Crippen LogP contribution is -2.38. The van der Waals surface area contributed by atoms with Crippen LogP contribution in [0.25, 0.3) is 0 Å². The van der Waals surface area contributed by atoms with Crippen LogP contribution in [0.4, 0.5) is 13.6 Å². The topological polar surface area (TPSA) is 66.9 Å². The van der Waals surface area contributed by atoms with Crippen molar-refractivity contribution in [1.82, 2.24) is 9.80 Å². The van der Waals surface area contributed by atoms with E-state index >= 15 is 0 Å². The lowest BCUT2D eigenvalue weighted by atomic mass is 10.1. The fourth-order valence-corrected chi connectivity index (χ4v) is 3.86. The molecular formula is C23H22F2N2O4S. The monoisotopic (exact) mass is 460 g/mol. The molecule has 32 heavy (non-hydrogen) atoms. The Labute approximate surface area is 185 Å². The molecule has 2 amide bonds. The second-order valence-corrected chi connectivity index (χ2v) is 8.84. The molecule has 0 heterocycles. The molecule has 0 spiro atoms. The van der Waals surface area contributed by atoms with Gasteiger partial charge in [-0.1, -0.05) is 24.3 Å². The van der Waals surface area contributed by atoms with Crippen LogP contribution in [0.15, 0.2) is 77.7 Å². The summed E-state index contributed by atoms with van der Waals surface area (Å²) in [6.07, 6.45) is 0. The number of benzene rings is 3. The van der Waals surface area contributed by atoms with Crippen LogP contribution >= 0.6 is 0 Å². The number of rotatable bonds is 7. The number of hydrogen-bond donors (Lipinski definition) is 0. The summed E-state index contributed by atoms with van der Waals surface area (Å²) in [6, 6.07) is 16.2. The van der Waals surface area contributed by atoms with Crippen molar-refractivity contribution in [3.8, 4) is 5.75 Å². The maximum absolute atomic E-state index is 13.2. The second kappa shape index (κ2) is 9.78. The molecule has 0 bridgehead atoms. The zero-order valence-electron chi connectivity index (χ0n) is 17.5. The molecule has 0 atom stereocenters. The largest absolute Gasteiger partial charge is 0.379 e. The van der Waals surface area contributed by atoms with E-state index in [1.165, 1.54) is 29.2 Å². The van der Waals surface area contributed by atoms with E-state index in [0.29, 0.717) is 0 Å². The molecule has 0 aliphatic rings. The van der Waals surface area contributed by atoms with Gasteiger partial charge in [-0.05, 0) is 59.7 Å². The normalized spacial score (nSPS) is 11.1. The van der Waals surface area contributed by atoms with E-state index in [2.05, 4.69) is 0 Å². The zero-order valence-corrected chi connectivity index (χ0v) is 18.4. The maximum atomic E-state index is 13.2. The summed E-state index contributed by atoms with van der Waals surface area (Å²) in [5.41, 5.74) is 1.51. The van der Waals surface area contributed by atoms with Crippen molar-refractivity contribution in [2.75, 3.05) is 14.1 Å². The van der Waals surface area contributed by atoms with Crippen molar-refractivity contribution in [2.45, 2.75) is 18.0 Å². The Bertz CT molecular complexity index is 1160. The Morgan fingerprint density at radius 1 is 0.781 bits per heavy atom. The summed E-state index contributed by atoms with van der Waals surface area (Å²) in [5, 5.41) is 0. The fourth-order valence-electron chi connectivity index (χ4n) is 2.93. The van der Waals surface area contributed by atoms with Gasteiger partial charge < -0.3 is 14.0 Å². The minimum absolute atomic E-state index is 0.0853. The van der Waals surface area contributed by atoms with Crippen LogP contribution in [0.2, 0.25) is 0 Å². The summed E-state index contributed by atoms with van der Waals surface area (Å²) in [4.78, 5) is 15.5. The van der Waals surface area contributed by atoms with Crippen LogP contribution in [-0.4, -0.2) is 38.3 Å². The molecule has 3 rings (SSSR count). The van der Waals surface area contributed by atoms with E-state index < -0.39 is 15.9 Å².